The second kappa shape index (κ2) is 7.30. The van der Waals surface area contributed by atoms with Crippen molar-refractivity contribution in [3.8, 4) is 0 Å². The normalized spacial score (nSPS) is 10.3. The van der Waals surface area contributed by atoms with Gasteiger partial charge in [-0.1, -0.05) is 36.7 Å². The zero-order valence-corrected chi connectivity index (χ0v) is 11.0. The molecular weight excluding hydrogens is 238 g/mol. The van der Waals surface area contributed by atoms with Crippen molar-refractivity contribution in [2.45, 2.75) is 20.0 Å². The molecule has 0 aromatic heterocycles. The smallest absolute Gasteiger partial charge is 0.248 e. The quantitative estimate of drug-likeness (QED) is 0.782. The monoisotopic (exact) mass is 255 g/mol. The van der Waals surface area contributed by atoms with Gasteiger partial charge in [0, 0.05) is 18.6 Å². The molecule has 0 heterocycles. The lowest BCUT2D eigenvalue weighted by Gasteiger charge is -2.16. The molecule has 0 fully saturated rings. The Bertz CT molecular complexity index is 368. The van der Waals surface area contributed by atoms with E-state index in [9.17, 15) is 4.79 Å². The molecule has 0 aliphatic carbocycles. The molecule has 0 N–H and O–H groups in total. The molecule has 1 aromatic rings. The van der Waals surface area contributed by atoms with Crippen molar-refractivity contribution in [1.82, 2.24) is 4.90 Å². The third-order valence-electron chi connectivity index (χ3n) is 2.43. The Labute approximate surface area is 107 Å². The van der Waals surface area contributed by atoms with E-state index in [1.807, 2.05) is 31.2 Å². The van der Waals surface area contributed by atoms with Crippen LogP contribution in [0, 0.1) is 0 Å². The maximum absolute atomic E-state index is 11.6. The summed E-state index contributed by atoms with van der Waals surface area (Å²) in [6.45, 7) is 3.26. The number of carbonyl (C=O) groups is 1. The lowest BCUT2D eigenvalue weighted by Crippen LogP contribution is -2.30. The number of rotatable bonds is 6. The Hall–Kier alpha value is -1.06. The van der Waals surface area contributed by atoms with E-state index in [0.29, 0.717) is 11.6 Å². The molecular formula is C13H18ClNO2. The topological polar surface area (TPSA) is 29.5 Å². The van der Waals surface area contributed by atoms with Crippen LogP contribution in [0.2, 0.25) is 5.02 Å². The Morgan fingerprint density at radius 1 is 1.41 bits per heavy atom. The van der Waals surface area contributed by atoms with Gasteiger partial charge in [-0.3, -0.25) is 4.79 Å². The van der Waals surface area contributed by atoms with Crippen molar-refractivity contribution in [2.75, 3.05) is 20.2 Å². The summed E-state index contributed by atoms with van der Waals surface area (Å²) in [5.74, 6) is -0.00102. The van der Waals surface area contributed by atoms with Crippen molar-refractivity contribution >= 4 is 17.5 Å². The average Bonchev–Trinajstić information content (AvgIpc) is 2.31. The van der Waals surface area contributed by atoms with Gasteiger partial charge in [0.2, 0.25) is 5.91 Å². The third-order valence-corrected chi connectivity index (χ3v) is 2.79. The zero-order valence-electron chi connectivity index (χ0n) is 10.3. The molecule has 1 rings (SSSR count). The van der Waals surface area contributed by atoms with Crippen LogP contribution in [-0.4, -0.2) is 31.0 Å². The van der Waals surface area contributed by atoms with E-state index < -0.39 is 0 Å². The molecule has 4 heteroatoms. The number of likely N-dealkylation sites (N-methyl/N-ethyl adjacent to an activating group) is 1. The molecule has 17 heavy (non-hydrogen) atoms. The standard InChI is InChI=1S/C13H18ClNO2/c1-3-8-15(2)13(16)10-17-9-11-6-4-5-7-12(11)14/h4-7H,3,8-10H2,1-2H3. The Kier molecular flexibility index (Phi) is 6.01. The van der Waals surface area contributed by atoms with Crippen molar-refractivity contribution in [2.24, 2.45) is 0 Å². The van der Waals surface area contributed by atoms with Crippen LogP contribution in [-0.2, 0) is 16.1 Å². The number of halogens is 1. The summed E-state index contributed by atoms with van der Waals surface area (Å²) < 4.78 is 5.35. The molecule has 0 aliphatic heterocycles. The molecule has 0 unspecified atom stereocenters. The zero-order chi connectivity index (χ0) is 12.7. The molecule has 0 spiro atoms. The van der Waals surface area contributed by atoms with Crippen LogP contribution < -0.4 is 0 Å². The minimum Gasteiger partial charge on any atom is -0.367 e. The Morgan fingerprint density at radius 3 is 2.76 bits per heavy atom. The average molecular weight is 256 g/mol. The maximum Gasteiger partial charge on any atom is 0.248 e. The van der Waals surface area contributed by atoms with Crippen molar-refractivity contribution in [1.29, 1.82) is 0 Å². The number of amides is 1. The highest BCUT2D eigenvalue weighted by molar-refractivity contribution is 6.31. The summed E-state index contributed by atoms with van der Waals surface area (Å²) in [5, 5.41) is 0.668. The van der Waals surface area contributed by atoms with E-state index in [1.54, 1.807) is 11.9 Å². The van der Waals surface area contributed by atoms with Crippen LogP contribution in [0.25, 0.3) is 0 Å². The number of carbonyl (C=O) groups excluding carboxylic acids is 1. The van der Waals surface area contributed by atoms with E-state index >= 15 is 0 Å². The molecule has 0 saturated heterocycles. The number of nitrogens with zero attached hydrogens (tertiary/aromatic N) is 1. The number of ether oxygens (including phenoxy) is 1. The van der Waals surface area contributed by atoms with Gasteiger partial charge < -0.3 is 9.64 Å². The van der Waals surface area contributed by atoms with E-state index in [0.717, 1.165) is 18.5 Å². The molecule has 94 valence electrons. The third kappa shape index (κ3) is 4.75. The molecule has 0 radical (unpaired) electrons. The fraction of sp³-hybridized carbons (Fsp3) is 0.462. The molecule has 1 amide bonds. The van der Waals surface area contributed by atoms with Gasteiger partial charge in [-0.2, -0.15) is 0 Å². The van der Waals surface area contributed by atoms with Crippen molar-refractivity contribution < 1.29 is 9.53 Å². The summed E-state index contributed by atoms with van der Waals surface area (Å²) in [7, 11) is 1.78. The van der Waals surface area contributed by atoms with E-state index in [2.05, 4.69) is 0 Å². The van der Waals surface area contributed by atoms with Gasteiger partial charge in [0.25, 0.3) is 0 Å². The van der Waals surface area contributed by atoms with Crippen LogP contribution in [0.15, 0.2) is 24.3 Å². The second-order valence-electron chi connectivity index (χ2n) is 3.90. The van der Waals surface area contributed by atoms with Gasteiger partial charge >= 0.3 is 0 Å². The lowest BCUT2D eigenvalue weighted by molar-refractivity contribution is -0.135. The summed E-state index contributed by atoms with van der Waals surface area (Å²) in [4.78, 5) is 13.2. The summed E-state index contributed by atoms with van der Waals surface area (Å²) >= 11 is 5.98. The van der Waals surface area contributed by atoms with Crippen LogP contribution in [0.4, 0.5) is 0 Å². The highest BCUT2D eigenvalue weighted by atomic mass is 35.5. The van der Waals surface area contributed by atoms with E-state index in [4.69, 9.17) is 16.3 Å². The van der Waals surface area contributed by atoms with Crippen molar-refractivity contribution in [3.05, 3.63) is 34.9 Å². The van der Waals surface area contributed by atoms with Gasteiger partial charge in [0.05, 0.1) is 6.61 Å². The van der Waals surface area contributed by atoms with Gasteiger partial charge in [0.15, 0.2) is 0 Å². The molecule has 0 aliphatic rings. The maximum atomic E-state index is 11.6. The van der Waals surface area contributed by atoms with Crippen molar-refractivity contribution in [3.63, 3.8) is 0 Å². The van der Waals surface area contributed by atoms with Gasteiger partial charge in [-0.25, -0.2) is 0 Å². The fourth-order valence-corrected chi connectivity index (χ4v) is 1.62. The Morgan fingerprint density at radius 2 is 2.12 bits per heavy atom. The number of benzene rings is 1. The van der Waals surface area contributed by atoms with Gasteiger partial charge in [0.1, 0.15) is 6.61 Å². The van der Waals surface area contributed by atoms with Crippen LogP contribution in [0.1, 0.15) is 18.9 Å². The SMILES string of the molecule is CCCN(C)C(=O)COCc1ccccc1Cl. The first-order valence-corrected chi connectivity index (χ1v) is 6.08. The second-order valence-corrected chi connectivity index (χ2v) is 4.31. The summed E-state index contributed by atoms with van der Waals surface area (Å²) in [6.07, 6.45) is 0.951. The number of hydrogen-bond donors (Lipinski definition) is 0. The Balaban J connectivity index is 2.33. The molecule has 0 saturated carbocycles. The molecule has 0 atom stereocenters. The van der Waals surface area contributed by atoms with E-state index in [-0.39, 0.29) is 12.5 Å². The van der Waals surface area contributed by atoms with E-state index in [1.165, 1.54) is 0 Å². The number of hydrogen-bond acceptors (Lipinski definition) is 2. The van der Waals surface area contributed by atoms with Gasteiger partial charge in [-0.05, 0) is 18.1 Å². The lowest BCUT2D eigenvalue weighted by atomic mass is 10.2. The predicted octanol–water partition coefficient (Wildman–Crippen LogP) is 2.73. The minimum absolute atomic E-state index is 0.00102. The molecule has 0 bridgehead atoms. The fourth-order valence-electron chi connectivity index (χ4n) is 1.43. The summed E-state index contributed by atoms with van der Waals surface area (Å²) in [5.41, 5.74) is 0.903. The van der Waals surface area contributed by atoms with Crippen LogP contribution in [0.5, 0.6) is 0 Å². The van der Waals surface area contributed by atoms with Crippen LogP contribution in [0.3, 0.4) is 0 Å². The first kappa shape index (κ1) is 14.0. The highest BCUT2D eigenvalue weighted by Gasteiger charge is 2.08. The summed E-state index contributed by atoms with van der Waals surface area (Å²) in [6, 6.07) is 7.47. The van der Waals surface area contributed by atoms with Gasteiger partial charge in [-0.15, -0.1) is 0 Å². The molecule has 1 aromatic carbocycles. The first-order valence-electron chi connectivity index (χ1n) is 5.70. The first-order chi connectivity index (χ1) is 8.15. The largest absolute Gasteiger partial charge is 0.367 e. The van der Waals surface area contributed by atoms with Crippen LogP contribution >= 0.6 is 11.6 Å². The highest BCUT2D eigenvalue weighted by Crippen LogP contribution is 2.15. The predicted molar refractivity (Wildman–Crippen MR) is 69.0 cm³/mol. The minimum atomic E-state index is -0.00102. The molecule has 3 nitrogen and oxygen atoms in total.